The van der Waals surface area contributed by atoms with Crippen molar-refractivity contribution in [3.05, 3.63) is 48.1 Å². The van der Waals surface area contributed by atoms with Crippen LogP contribution in [0.4, 0.5) is 9.59 Å². The number of amides is 2. The quantitative estimate of drug-likeness (QED) is 0.110. The first-order valence-corrected chi connectivity index (χ1v) is 13.7. The highest BCUT2D eigenvalue weighted by Gasteiger charge is 2.17. The molecule has 0 saturated carbocycles. The smallest absolute Gasteiger partial charge is 0.407 e. The number of carbonyl (C=O) groups excluding carboxylic acids is 4. The third-order valence-corrected chi connectivity index (χ3v) is 5.30. The SMILES string of the molecule is C=C(C)C(=O)OCCCNC(=O)OCCOc1ccc(C(C)(C)C)cc1OCCOC(=O)NCCCOC(=O)C(=C)C. The van der Waals surface area contributed by atoms with Gasteiger partial charge in [-0.3, -0.25) is 0 Å². The topological polar surface area (TPSA) is 148 Å². The Morgan fingerprint density at radius 1 is 0.667 bits per heavy atom. The summed E-state index contributed by atoms with van der Waals surface area (Å²) in [5.41, 5.74) is 1.50. The summed E-state index contributed by atoms with van der Waals surface area (Å²) < 4.78 is 31.8. The van der Waals surface area contributed by atoms with Gasteiger partial charge in [0.25, 0.3) is 0 Å². The number of ether oxygens (including phenoxy) is 6. The third-order valence-electron chi connectivity index (χ3n) is 5.30. The van der Waals surface area contributed by atoms with E-state index in [1.165, 1.54) is 0 Å². The number of alkyl carbamates (subject to hydrolysis) is 2. The van der Waals surface area contributed by atoms with Crippen LogP contribution in [0.25, 0.3) is 0 Å². The van der Waals surface area contributed by atoms with Gasteiger partial charge in [0.2, 0.25) is 0 Å². The van der Waals surface area contributed by atoms with E-state index in [0.717, 1.165) is 5.56 Å². The van der Waals surface area contributed by atoms with Crippen molar-refractivity contribution in [1.29, 1.82) is 0 Å². The van der Waals surface area contributed by atoms with Gasteiger partial charge in [-0.1, -0.05) is 40.0 Å². The summed E-state index contributed by atoms with van der Waals surface area (Å²) in [6.45, 7) is 17.3. The average Bonchev–Trinajstić information content (AvgIpc) is 2.92. The largest absolute Gasteiger partial charge is 0.486 e. The summed E-state index contributed by atoms with van der Waals surface area (Å²) in [6, 6.07) is 5.56. The lowest BCUT2D eigenvalue weighted by atomic mass is 9.87. The minimum absolute atomic E-state index is 0.00732. The normalized spacial score (nSPS) is 10.6. The Bertz CT molecular complexity index is 1080. The van der Waals surface area contributed by atoms with Crippen molar-refractivity contribution >= 4 is 24.1 Å². The van der Waals surface area contributed by atoms with Crippen molar-refractivity contribution < 1.29 is 47.6 Å². The van der Waals surface area contributed by atoms with Gasteiger partial charge in [0.1, 0.15) is 26.4 Å². The van der Waals surface area contributed by atoms with E-state index < -0.39 is 24.1 Å². The van der Waals surface area contributed by atoms with E-state index in [2.05, 4.69) is 44.6 Å². The lowest BCUT2D eigenvalue weighted by Crippen LogP contribution is -2.28. The fourth-order valence-electron chi connectivity index (χ4n) is 2.98. The summed E-state index contributed by atoms with van der Waals surface area (Å²) in [7, 11) is 0. The van der Waals surface area contributed by atoms with E-state index in [-0.39, 0.29) is 58.1 Å². The molecule has 0 heterocycles. The van der Waals surface area contributed by atoms with Gasteiger partial charge in [0, 0.05) is 24.2 Å². The fourth-order valence-corrected chi connectivity index (χ4v) is 2.98. The predicted octanol–water partition coefficient (Wildman–Crippen LogP) is 4.21. The van der Waals surface area contributed by atoms with Crippen molar-refractivity contribution in [2.45, 2.75) is 52.9 Å². The second-order valence-electron chi connectivity index (χ2n) is 10.3. The zero-order chi connectivity index (χ0) is 31.5. The van der Waals surface area contributed by atoms with Crippen LogP contribution in [0.1, 0.15) is 53.0 Å². The number of carbonyl (C=O) groups is 4. The first kappa shape index (κ1) is 35.8. The molecule has 2 N–H and O–H groups in total. The maximum absolute atomic E-state index is 11.9. The molecule has 0 bridgehead atoms. The van der Waals surface area contributed by atoms with Crippen LogP contribution in [0.3, 0.4) is 0 Å². The molecule has 1 aromatic rings. The average molecular weight is 593 g/mol. The van der Waals surface area contributed by atoms with Crippen LogP contribution in [-0.2, 0) is 34.0 Å². The lowest BCUT2D eigenvalue weighted by molar-refractivity contribution is -0.139. The molecular formula is C30H44N2O10. The van der Waals surface area contributed by atoms with Crippen LogP contribution in [0, 0.1) is 0 Å². The van der Waals surface area contributed by atoms with Crippen molar-refractivity contribution in [1.82, 2.24) is 10.6 Å². The highest BCUT2D eigenvalue weighted by molar-refractivity contribution is 5.87. The molecule has 42 heavy (non-hydrogen) atoms. The van der Waals surface area contributed by atoms with Crippen LogP contribution in [0.2, 0.25) is 0 Å². The molecule has 12 nitrogen and oxygen atoms in total. The Kier molecular flexibility index (Phi) is 16.2. The zero-order valence-electron chi connectivity index (χ0n) is 25.3. The molecule has 1 rings (SSSR count). The Balaban J connectivity index is 2.42. The number of rotatable bonds is 18. The minimum atomic E-state index is -0.618. The molecule has 0 unspecified atom stereocenters. The van der Waals surface area contributed by atoms with Crippen molar-refractivity contribution in [3.63, 3.8) is 0 Å². The minimum Gasteiger partial charge on any atom is -0.486 e. The third kappa shape index (κ3) is 15.5. The van der Waals surface area contributed by atoms with Gasteiger partial charge in [-0.15, -0.1) is 0 Å². The molecule has 0 spiro atoms. The van der Waals surface area contributed by atoms with E-state index >= 15 is 0 Å². The van der Waals surface area contributed by atoms with E-state index in [1.807, 2.05) is 12.1 Å². The number of benzene rings is 1. The number of nitrogens with one attached hydrogen (secondary N) is 2. The molecule has 0 aliphatic carbocycles. The number of hydrogen-bond donors (Lipinski definition) is 2. The first-order valence-electron chi connectivity index (χ1n) is 13.7. The second kappa shape index (κ2) is 19.0. The maximum Gasteiger partial charge on any atom is 0.407 e. The summed E-state index contributed by atoms with van der Waals surface area (Å²) in [4.78, 5) is 46.4. The Hall–Kier alpha value is -4.22. The molecule has 0 atom stereocenters. The zero-order valence-corrected chi connectivity index (χ0v) is 25.3. The van der Waals surface area contributed by atoms with Gasteiger partial charge in [-0.2, -0.15) is 0 Å². The van der Waals surface area contributed by atoms with Crippen LogP contribution in [0.5, 0.6) is 11.5 Å². The molecule has 12 heteroatoms. The Morgan fingerprint density at radius 2 is 1.12 bits per heavy atom. The maximum atomic E-state index is 11.9. The Morgan fingerprint density at radius 3 is 1.55 bits per heavy atom. The van der Waals surface area contributed by atoms with E-state index in [0.29, 0.717) is 35.5 Å². The highest BCUT2D eigenvalue weighted by atomic mass is 16.6. The fraction of sp³-hybridized carbons (Fsp3) is 0.533. The molecule has 0 aromatic heterocycles. The van der Waals surface area contributed by atoms with Gasteiger partial charge < -0.3 is 39.1 Å². The molecular weight excluding hydrogens is 548 g/mol. The molecule has 1 aromatic carbocycles. The van der Waals surface area contributed by atoms with E-state index in [1.54, 1.807) is 19.9 Å². The number of hydrogen-bond acceptors (Lipinski definition) is 10. The lowest BCUT2D eigenvalue weighted by Gasteiger charge is -2.21. The summed E-state index contributed by atoms with van der Waals surface area (Å²) in [6.07, 6.45) is -0.367. The van der Waals surface area contributed by atoms with Crippen molar-refractivity contribution in [3.8, 4) is 11.5 Å². The molecule has 0 fully saturated rings. The molecule has 2 amide bonds. The number of esters is 2. The molecule has 0 saturated heterocycles. The molecule has 234 valence electrons. The van der Waals surface area contributed by atoms with Crippen molar-refractivity contribution in [2.24, 2.45) is 0 Å². The monoisotopic (exact) mass is 592 g/mol. The first-order chi connectivity index (χ1) is 19.8. The second-order valence-corrected chi connectivity index (χ2v) is 10.3. The van der Waals surface area contributed by atoms with Crippen LogP contribution in [0.15, 0.2) is 42.5 Å². The van der Waals surface area contributed by atoms with E-state index in [9.17, 15) is 19.2 Å². The predicted molar refractivity (Wildman–Crippen MR) is 156 cm³/mol. The molecule has 0 aliphatic rings. The Labute approximate surface area is 247 Å². The summed E-state index contributed by atoms with van der Waals surface area (Å²) in [5.74, 6) is -0.0437. The summed E-state index contributed by atoms with van der Waals surface area (Å²) in [5, 5.41) is 5.14. The van der Waals surface area contributed by atoms with Gasteiger partial charge in [0.05, 0.1) is 13.2 Å². The standard InChI is InChI=1S/C30H44N2O10/c1-21(2)26(33)39-14-8-12-31-28(35)41-18-16-37-24-11-10-23(30(5,6)7)20-25(24)38-17-19-42-29(36)32-13-9-15-40-27(34)22(3)4/h10-11,20H,1,3,8-9,12-19H2,2,4-7H3,(H,31,35)(H,32,36). The molecule has 0 radical (unpaired) electrons. The molecule has 0 aliphatic heterocycles. The van der Waals surface area contributed by atoms with Gasteiger partial charge >= 0.3 is 24.1 Å². The van der Waals surface area contributed by atoms with Crippen LogP contribution >= 0.6 is 0 Å². The van der Waals surface area contributed by atoms with Crippen molar-refractivity contribution in [2.75, 3.05) is 52.7 Å². The van der Waals surface area contributed by atoms with Gasteiger partial charge in [-0.25, -0.2) is 19.2 Å². The van der Waals surface area contributed by atoms with Crippen LogP contribution < -0.4 is 20.1 Å². The summed E-state index contributed by atoms with van der Waals surface area (Å²) >= 11 is 0. The van der Waals surface area contributed by atoms with Gasteiger partial charge in [-0.05, 0) is 49.8 Å². The highest BCUT2D eigenvalue weighted by Crippen LogP contribution is 2.33. The van der Waals surface area contributed by atoms with Gasteiger partial charge in [0.15, 0.2) is 11.5 Å². The van der Waals surface area contributed by atoms with Crippen LogP contribution in [-0.4, -0.2) is 76.9 Å². The van der Waals surface area contributed by atoms with E-state index in [4.69, 9.17) is 28.4 Å².